The monoisotopic (exact) mass is 253 g/mol. The van der Waals surface area contributed by atoms with Crippen LogP contribution in [0, 0.1) is 5.82 Å². The Morgan fingerprint density at radius 3 is 2.76 bits per heavy atom. The Labute approximate surface area is 104 Å². The van der Waals surface area contributed by atoms with Gasteiger partial charge in [0.2, 0.25) is 0 Å². The fraction of sp³-hybridized carbons (Fsp3) is 0.231. The second-order valence-electron chi connectivity index (χ2n) is 3.94. The van der Waals surface area contributed by atoms with Gasteiger partial charge in [0.15, 0.2) is 0 Å². The summed E-state index contributed by atoms with van der Waals surface area (Å²) < 4.78 is 15.4. The lowest BCUT2D eigenvalue weighted by molar-refractivity contribution is 0.189. The summed E-state index contributed by atoms with van der Waals surface area (Å²) >= 11 is 5.96. The van der Waals surface area contributed by atoms with Gasteiger partial charge in [-0.1, -0.05) is 17.7 Å². The predicted molar refractivity (Wildman–Crippen MR) is 65.6 cm³/mol. The van der Waals surface area contributed by atoms with Crippen molar-refractivity contribution < 1.29 is 9.50 Å². The van der Waals surface area contributed by atoms with Gasteiger partial charge in [0.1, 0.15) is 5.82 Å². The van der Waals surface area contributed by atoms with Crippen LogP contribution >= 0.6 is 11.6 Å². The number of nitrogens with zero attached hydrogens (tertiary/aromatic N) is 1. The molecule has 0 fully saturated rings. The minimum atomic E-state index is -0.587. The van der Waals surface area contributed by atoms with Crippen molar-refractivity contribution in [2.75, 3.05) is 0 Å². The average molecular weight is 254 g/mol. The molecule has 1 aromatic carbocycles. The summed E-state index contributed by atoms with van der Waals surface area (Å²) in [6.07, 6.45) is 1.21. The minimum absolute atomic E-state index is 0.318. The van der Waals surface area contributed by atoms with E-state index in [9.17, 15) is 9.50 Å². The smallest absolute Gasteiger partial charge is 0.129 e. The van der Waals surface area contributed by atoms with Crippen molar-refractivity contribution >= 4 is 11.6 Å². The Hall–Kier alpha value is -1.32. The van der Waals surface area contributed by atoms with Gasteiger partial charge in [-0.25, -0.2) is 4.39 Å². The Bertz CT molecular complexity index is 502. The highest BCUT2D eigenvalue weighted by atomic mass is 35.5. The number of hydrogen-bond donors (Lipinski definition) is 1. The van der Waals surface area contributed by atoms with E-state index in [0.717, 1.165) is 5.69 Å². The lowest BCUT2D eigenvalue weighted by Gasteiger charge is -2.12. The van der Waals surface area contributed by atoms with Crippen molar-refractivity contribution in [1.29, 1.82) is 0 Å². The van der Waals surface area contributed by atoms with E-state index in [2.05, 4.69) is 0 Å². The van der Waals surface area contributed by atoms with E-state index >= 15 is 0 Å². The molecule has 17 heavy (non-hydrogen) atoms. The van der Waals surface area contributed by atoms with Gasteiger partial charge in [-0.15, -0.1) is 0 Å². The number of rotatable bonds is 3. The largest absolute Gasteiger partial charge is 0.387 e. The van der Waals surface area contributed by atoms with E-state index in [1.165, 1.54) is 6.07 Å². The second-order valence-corrected chi connectivity index (χ2v) is 4.34. The van der Waals surface area contributed by atoms with E-state index < -0.39 is 6.10 Å². The number of aromatic nitrogens is 1. The van der Waals surface area contributed by atoms with Crippen LogP contribution in [0.1, 0.15) is 24.3 Å². The number of aliphatic hydroxyl groups excluding tert-OH is 1. The molecular formula is C13H13ClFNO. The minimum Gasteiger partial charge on any atom is -0.387 e. The Morgan fingerprint density at radius 1 is 1.35 bits per heavy atom. The zero-order valence-corrected chi connectivity index (χ0v) is 10.2. The normalized spacial score (nSPS) is 12.7. The van der Waals surface area contributed by atoms with Gasteiger partial charge in [0.25, 0.3) is 0 Å². The second kappa shape index (κ2) is 4.90. The molecule has 0 bridgehead atoms. The van der Waals surface area contributed by atoms with E-state index in [-0.39, 0.29) is 5.82 Å². The Balaban J connectivity index is 2.35. The highest BCUT2D eigenvalue weighted by Gasteiger charge is 2.11. The van der Waals surface area contributed by atoms with Gasteiger partial charge < -0.3 is 9.67 Å². The number of aliphatic hydroxyl groups is 1. The first-order chi connectivity index (χ1) is 8.09. The maximum Gasteiger partial charge on any atom is 0.129 e. The molecule has 0 aliphatic heterocycles. The lowest BCUT2D eigenvalue weighted by Crippen LogP contribution is -2.07. The van der Waals surface area contributed by atoms with Gasteiger partial charge in [-0.2, -0.15) is 0 Å². The van der Waals surface area contributed by atoms with Crippen LogP contribution in [0.5, 0.6) is 0 Å². The summed E-state index contributed by atoms with van der Waals surface area (Å²) in [6.45, 7) is 1.99. The first-order valence-electron chi connectivity index (χ1n) is 5.35. The number of halogens is 2. The summed E-state index contributed by atoms with van der Waals surface area (Å²) in [4.78, 5) is 0. The van der Waals surface area contributed by atoms with Crippen LogP contribution in [0.15, 0.2) is 36.5 Å². The average Bonchev–Trinajstić information content (AvgIpc) is 2.72. The highest BCUT2D eigenvalue weighted by Crippen LogP contribution is 2.22. The Morgan fingerprint density at radius 2 is 2.12 bits per heavy atom. The molecule has 90 valence electrons. The van der Waals surface area contributed by atoms with Crippen molar-refractivity contribution in [2.24, 2.45) is 0 Å². The predicted octanol–water partition coefficient (Wildman–Crippen LogP) is 3.38. The number of hydrogen-bond acceptors (Lipinski definition) is 1. The highest BCUT2D eigenvalue weighted by molar-refractivity contribution is 6.31. The van der Waals surface area contributed by atoms with Gasteiger partial charge >= 0.3 is 0 Å². The van der Waals surface area contributed by atoms with Crippen LogP contribution < -0.4 is 0 Å². The third-order valence-electron chi connectivity index (χ3n) is 2.68. The van der Waals surface area contributed by atoms with Crippen molar-refractivity contribution in [3.8, 4) is 0 Å². The molecule has 1 aromatic heterocycles. The fourth-order valence-electron chi connectivity index (χ4n) is 1.80. The molecule has 2 nitrogen and oxygen atoms in total. The lowest BCUT2D eigenvalue weighted by atomic mass is 10.2. The molecule has 0 radical (unpaired) electrons. The molecule has 4 heteroatoms. The molecule has 1 heterocycles. The van der Waals surface area contributed by atoms with Crippen LogP contribution in [0.4, 0.5) is 4.39 Å². The summed E-state index contributed by atoms with van der Waals surface area (Å²) in [5, 5.41) is 9.96. The SMILES string of the molecule is CC(O)c1cccn1Cc1c(F)cccc1Cl. The summed E-state index contributed by atoms with van der Waals surface area (Å²) in [7, 11) is 0. The van der Waals surface area contributed by atoms with Crippen molar-refractivity contribution in [3.63, 3.8) is 0 Å². The van der Waals surface area contributed by atoms with Crippen LogP contribution in [-0.4, -0.2) is 9.67 Å². The van der Waals surface area contributed by atoms with Gasteiger partial charge in [0, 0.05) is 22.5 Å². The van der Waals surface area contributed by atoms with Crippen LogP contribution in [0.2, 0.25) is 5.02 Å². The third kappa shape index (κ3) is 2.51. The molecule has 0 aliphatic rings. The van der Waals surface area contributed by atoms with E-state index in [1.54, 1.807) is 35.9 Å². The van der Waals surface area contributed by atoms with Crippen molar-refractivity contribution in [2.45, 2.75) is 19.6 Å². The van der Waals surface area contributed by atoms with Crippen LogP contribution in [0.25, 0.3) is 0 Å². The van der Waals surface area contributed by atoms with Crippen molar-refractivity contribution in [3.05, 3.63) is 58.6 Å². The van der Waals surface area contributed by atoms with Gasteiger partial charge in [0.05, 0.1) is 12.6 Å². The summed E-state index contributed by atoms with van der Waals surface area (Å²) in [5.74, 6) is -0.331. The third-order valence-corrected chi connectivity index (χ3v) is 3.04. The standard InChI is InChI=1S/C13H13ClFNO/c1-9(17)13-6-3-7-16(13)8-10-11(14)4-2-5-12(10)15/h2-7,9,17H,8H2,1H3. The summed E-state index contributed by atoms with van der Waals surface area (Å²) in [6, 6.07) is 8.24. The fourth-order valence-corrected chi connectivity index (χ4v) is 2.03. The molecule has 2 rings (SSSR count). The topological polar surface area (TPSA) is 25.2 Å². The molecular weight excluding hydrogens is 241 g/mol. The maximum absolute atomic E-state index is 13.6. The first-order valence-corrected chi connectivity index (χ1v) is 5.73. The maximum atomic E-state index is 13.6. The molecule has 0 saturated heterocycles. The molecule has 0 aliphatic carbocycles. The zero-order chi connectivity index (χ0) is 12.4. The van der Waals surface area contributed by atoms with E-state index in [4.69, 9.17) is 11.6 Å². The molecule has 0 amide bonds. The zero-order valence-electron chi connectivity index (χ0n) is 9.40. The molecule has 0 spiro atoms. The van der Waals surface area contributed by atoms with Crippen LogP contribution in [-0.2, 0) is 6.54 Å². The molecule has 1 unspecified atom stereocenters. The first kappa shape index (κ1) is 12.1. The number of benzene rings is 1. The Kier molecular flexibility index (Phi) is 3.50. The summed E-state index contributed by atoms with van der Waals surface area (Å²) in [5.41, 5.74) is 1.18. The molecule has 0 saturated carbocycles. The van der Waals surface area contributed by atoms with E-state index in [0.29, 0.717) is 17.1 Å². The molecule has 1 N–H and O–H groups in total. The quantitative estimate of drug-likeness (QED) is 0.891. The van der Waals surface area contributed by atoms with Gasteiger partial charge in [-0.05, 0) is 31.2 Å². The van der Waals surface area contributed by atoms with Gasteiger partial charge in [-0.3, -0.25) is 0 Å². The van der Waals surface area contributed by atoms with E-state index in [1.807, 2.05) is 6.07 Å². The molecule has 2 aromatic rings. The molecule has 1 atom stereocenters. The van der Waals surface area contributed by atoms with Crippen LogP contribution in [0.3, 0.4) is 0 Å². The van der Waals surface area contributed by atoms with Crippen molar-refractivity contribution in [1.82, 2.24) is 4.57 Å².